The minimum atomic E-state index is -0.0274. The zero-order chi connectivity index (χ0) is 17.8. The molecular weight excluding hydrogens is 318 g/mol. The van der Waals surface area contributed by atoms with Crippen molar-refractivity contribution in [1.29, 1.82) is 0 Å². The van der Waals surface area contributed by atoms with Gasteiger partial charge in [-0.1, -0.05) is 31.8 Å². The molecule has 0 bridgehead atoms. The Balaban J connectivity index is 1.72. The number of aromatic nitrogens is 2. The Hall–Kier alpha value is -1.63. The van der Waals surface area contributed by atoms with Gasteiger partial charge in [-0.25, -0.2) is 4.79 Å². The highest BCUT2D eigenvalue weighted by Gasteiger charge is 2.33. The molecule has 7 nitrogen and oxygen atoms in total. The number of nitrogens with one attached hydrogen (secondary N) is 1. The van der Waals surface area contributed by atoms with Crippen LogP contribution in [0.25, 0.3) is 0 Å². The summed E-state index contributed by atoms with van der Waals surface area (Å²) in [5.41, 5.74) is 0. The van der Waals surface area contributed by atoms with Crippen molar-refractivity contribution in [3.05, 3.63) is 11.7 Å². The maximum Gasteiger partial charge on any atom is 0.317 e. The topological polar surface area (TPSA) is 74.5 Å². The number of nitrogens with zero attached hydrogens (tertiary/aromatic N) is 4. The van der Waals surface area contributed by atoms with Crippen LogP contribution in [0.1, 0.15) is 63.7 Å². The second-order valence-electron chi connectivity index (χ2n) is 7.81. The van der Waals surface area contributed by atoms with Crippen molar-refractivity contribution in [2.75, 3.05) is 26.2 Å². The molecule has 1 saturated carbocycles. The molecule has 1 saturated heterocycles. The van der Waals surface area contributed by atoms with Crippen LogP contribution in [0, 0.1) is 12.8 Å². The SMILES string of the molecule is Cc1noc(C2CN(C(=O)NC3CCCC3)CCCN2CC(C)C)n1. The molecule has 1 aliphatic heterocycles. The fourth-order valence-corrected chi connectivity index (χ4v) is 3.93. The standard InChI is InChI=1S/C18H31N5O2/c1-13(2)11-22-9-6-10-23(18(24)20-15-7-4-5-8-15)12-16(22)17-19-14(3)21-25-17/h13,15-16H,4-12H2,1-3H3,(H,20,24). The first-order chi connectivity index (χ1) is 12.0. The molecule has 0 aromatic carbocycles. The van der Waals surface area contributed by atoms with E-state index in [0.717, 1.165) is 38.9 Å². The van der Waals surface area contributed by atoms with Gasteiger partial charge in [0, 0.05) is 32.2 Å². The van der Waals surface area contributed by atoms with Gasteiger partial charge in [0.15, 0.2) is 5.82 Å². The van der Waals surface area contributed by atoms with E-state index in [1.54, 1.807) is 0 Å². The molecule has 0 spiro atoms. The zero-order valence-corrected chi connectivity index (χ0v) is 15.7. The summed E-state index contributed by atoms with van der Waals surface area (Å²) in [6, 6.07) is 0.367. The van der Waals surface area contributed by atoms with Gasteiger partial charge in [0.1, 0.15) is 6.04 Å². The molecule has 2 aliphatic rings. The molecule has 0 radical (unpaired) electrons. The van der Waals surface area contributed by atoms with Gasteiger partial charge in [-0.3, -0.25) is 4.90 Å². The quantitative estimate of drug-likeness (QED) is 0.905. The lowest BCUT2D eigenvalue weighted by Gasteiger charge is -2.30. The number of hydrogen-bond donors (Lipinski definition) is 1. The van der Waals surface area contributed by atoms with Gasteiger partial charge in [0.05, 0.1) is 0 Å². The Morgan fingerprint density at radius 1 is 1.28 bits per heavy atom. The molecule has 1 atom stereocenters. The van der Waals surface area contributed by atoms with Gasteiger partial charge in [0.25, 0.3) is 0 Å². The van der Waals surface area contributed by atoms with E-state index in [-0.39, 0.29) is 12.1 Å². The molecule has 1 unspecified atom stereocenters. The fourth-order valence-electron chi connectivity index (χ4n) is 3.93. The first kappa shape index (κ1) is 18.2. The highest BCUT2D eigenvalue weighted by Crippen LogP contribution is 2.25. The van der Waals surface area contributed by atoms with Crippen LogP contribution in [0.15, 0.2) is 4.52 Å². The molecule has 7 heteroatoms. The maximum atomic E-state index is 12.7. The predicted molar refractivity (Wildman–Crippen MR) is 95.2 cm³/mol. The van der Waals surface area contributed by atoms with Crippen molar-refractivity contribution in [3.8, 4) is 0 Å². The van der Waals surface area contributed by atoms with Crippen LogP contribution in [0.3, 0.4) is 0 Å². The third-order valence-corrected chi connectivity index (χ3v) is 5.11. The van der Waals surface area contributed by atoms with E-state index < -0.39 is 0 Å². The van der Waals surface area contributed by atoms with E-state index in [9.17, 15) is 4.79 Å². The van der Waals surface area contributed by atoms with Crippen LogP contribution in [0.2, 0.25) is 0 Å². The summed E-state index contributed by atoms with van der Waals surface area (Å²) in [4.78, 5) is 21.5. The highest BCUT2D eigenvalue weighted by atomic mass is 16.5. The summed E-state index contributed by atoms with van der Waals surface area (Å²) in [5.74, 6) is 1.81. The normalized spacial score (nSPS) is 23.2. The van der Waals surface area contributed by atoms with Crippen molar-refractivity contribution in [3.63, 3.8) is 0 Å². The van der Waals surface area contributed by atoms with Gasteiger partial charge in [-0.05, 0) is 32.1 Å². The molecule has 2 fully saturated rings. The first-order valence-corrected chi connectivity index (χ1v) is 9.62. The summed E-state index contributed by atoms with van der Waals surface area (Å²) >= 11 is 0. The van der Waals surface area contributed by atoms with Gasteiger partial charge in [-0.15, -0.1) is 0 Å². The predicted octanol–water partition coefficient (Wildman–Crippen LogP) is 2.74. The van der Waals surface area contributed by atoms with Crippen molar-refractivity contribution in [2.24, 2.45) is 5.92 Å². The summed E-state index contributed by atoms with van der Waals surface area (Å²) in [7, 11) is 0. The van der Waals surface area contributed by atoms with Crippen LogP contribution in [0.5, 0.6) is 0 Å². The van der Waals surface area contributed by atoms with Crippen molar-refractivity contribution >= 4 is 6.03 Å². The fraction of sp³-hybridized carbons (Fsp3) is 0.833. The molecule has 140 valence electrons. The Morgan fingerprint density at radius 3 is 2.68 bits per heavy atom. The number of amides is 2. The minimum absolute atomic E-state index is 0.0274. The van der Waals surface area contributed by atoms with Gasteiger partial charge in [0.2, 0.25) is 5.89 Å². The van der Waals surface area contributed by atoms with Crippen molar-refractivity contribution in [1.82, 2.24) is 25.3 Å². The molecule has 2 heterocycles. The van der Waals surface area contributed by atoms with Crippen LogP contribution in [0.4, 0.5) is 4.79 Å². The van der Waals surface area contributed by atoms with Crippen LogP contribution < -0.4 is 5.32 Å². The second kappa shape index (κ2) is 8.17. The Labute approximate surface area is 150 Å². The molecule has 1 N–H and O–H groups in total. The third-order valence-electron chi connectivity index (χ3n) is 5.11. The largest absolute Gasteiger partial charge is 0.338 e. The number of carbonyl (C=O) groups is 1. The first-order valence-electron chi connectivity index (χ1n) is 9.62. The van der Waals surface area contributed by atoms with E-state index in [4.69, 9.17) is 4.52 Å². The molecule has 1 aliphatic carbocycles. The number of carbonyl (C=O) groups excluding carboxylic acids is 1. The molecule has 1 aromatic rings. The van der Waals surface area contributed by atoms with Crippen LogP contribution in [-0.2, 0) is 0 Å². The lowest BCUT2D eigenvalue weighted by molar-refractivity contribution is 0.134. The number of hydrogen-bond acceptors (Lipinski definition) is 5. The summed E-state index contributed by atoms with van der Waals surface area (Å²) in [5, 5.41) is 7.17. The summed E-state index contributed by atoms with van der Waals surface area (Å²) in [6.45, 7) is 9.55. The average molecular weight is 349 g/mol. The van der Waals surface area contributed by atoms with Gasteiger partial charge in [-0.2, -0.15) is 4.98 Å². The van der Waals surface area contributed by atoms with E-state index in [1.165, 1.54) is 12.8 Å². The smallest absolute Gasteiger partial charge is 0.317 e. The lowest BCUT2D eigenvalue weighted by atomic mass is 10.1. The van der Waals surface area contributed by atoms with E-state index in [0.29, 0.717) is 30.2 Å². The molecule has 1 aromatic heterocycles. The highest BCUT2D eigenvalue weighted by molar-refractivity contribution is 5.74. The molecule has 25 heavy (non-hydrogen) atoms. The Morgan fingerprint density at radius 2 is 2.04 bits per heavy atom. The van der Waals surface area contributed by atoms with Gasteiger partial charge >= 0.3 is 6.03 Å². The monoisotopic (exact) mass is 349 g/mol. The van der Waals surface area contributed by atoms with Gasteiger partial charge < -0.3 is 14.7 Å². The van der Waals surface area contributed by atoms with E-state index in [1.807, 2.05) is 11.8 Å². The molecule has 3 rings (SSSR count). The average Bonchev–Trinajstić information content (AvgIpc) is 3.16. The third kappa shape index (κ3) is 4.71. The number of aryl methyl sites for hydroxylation is 1. The second-order valence-corrected chi connectivity index (χ2v) is 7.81. The van der Waals surface area contributed by atoms with Crippen molar-refractivity contribution < 1.29 is 9.32 Å². The van der Waals surface area contributed by atoms with Crippen LogP contribution >= 0.6 is 0 Å². The zero-order valence-electron chi connectivity index (χ0n) is 15.7. The van der Waals surface area contributed by atoms with E-state index >= 15 is 0 Å². The molecular formula is C18H31N5O2. The maximum absolute atomic E-state index is 12.7. The van der Waals surface area contributed by atoms with E-state index in [2.05, 4.69) is 34.2 Å². The Kier molecular flexibility index (Phi) is 5.93. The number of urea groups is 1. The summed E-state index contributed by atoms with van der Waals surface area (Å²) < 4.78 is 5.47. The minimum Gasteiger partial charge on any atom is -0.338 e. The summed E-state index contributed by atoms with van der Waals surface area (Å²) in [6.07, 6.45) is 5.61. The number of rotatable bonds is 4. The molecule has 2 amide bonds. The lowest BCUT2D eigenvalue weighted by Crippen LogP contribution is -2.46. The van der Waals surface area contributed by atoms with Crippen molar-refractivity contribution in [2.45, 2.75) is 65.0 Å². The van der Waals surface area contributed by atoms with Crippen LogP contribution in [-0.4, -0.2) is 58.2 Å². The Bertz CT molecular complexity index is 568.